The number of rotatable bonds is 6. The molecule has 2 aliphatic rings. The van der Waals surface area contributed by atoms with Gasteiger partial charge in [-0.15, -0.1) is 0 Å². The fourth-order valence-corrected chi connectivity index (χ4v) is 3.91. The molecule has 2 fully saturated rings. The van der Waals surface area contributed by atoms with Crippen molar-refractivity contribution in [3.8, 4) is 0 Å². The van der Waals surface area contributed by atoms with Crippen LogP contribution in [0.2, 0.25) is 0 Å². The number of aliphatic hydroxyl groups excluding tert-OH is 1. The van der Waals surface area contributed by atoms with E-state index in [9.17, 15) is 5.11 Å². The van der Waals surface area contributed by atoms with E-state index >= 15 is 0 Å². The summed E-state index contributed by atoms with van der Waals surface area (Å²) in [5.41, 5.74) is 0. The maximum atomic E-state index is 10.3. The van der Waals surface area contributed by atoms with Crippen LogP contribution in [0.4, 0.5) is 0 Å². The fraction of sp³-hybridized carbons (Fsp3) is 1.00. The van der Waals surface area contributed by atoms with Crippen LogP contribution < -0.4 is 0 Å². The minimum Gasteiger partial charge on any atom is -0.391 e. The second kappa shape index (κ2) is 7.61. The summed E-state index contributed by atoms with van der Waals surface area (Å²) in [6, 6.07) is 1.14. The minimum atomic E-state index is -0.130. The lowest BCUT2D eigenvalue weighted by molar-refractivity contribution is 0.0474. The lowest BCUT2D eigenvalue weighted by atomic mass is 10.0. The molecular weight excluding hydrogens is 236 g/mol. The van der Waals surface area contributed by atoms with E-state index < -0.39 is 0 Å². The highest BCUT2D eigenvalue weighted by Crippen LogP contribution is 2.24. The van der Waals surface area contributed by atoms with Crippen molar-refractivity contribution in [2.24, 2.45) is 0 Å². The highest BCUT2D eigenvalue weighted by molar-refractivity contribution is 4.89. The van der Waals surface area contributed by atoms with Gasteiger partial charge in [0.15, 0.2) is 0 Å². The van der Waals surface area contributed by atoms with Crippen molar-refractivity contribution in [3.63, 3.8) is 0 Å². The smallest absolute Gasteiger partial charge is 0.0695 e. The Morgan fingerprint density at radius 2 is 1.84 bits per heavy atom. The molecule has 2 aliphatic heterocycles. The molecule has 3 heteroatoms. The van der Waals surface area contributed by atoms with Gasteiger partial charge in [0, 0.05) is 25.2 Å². The summed E-state index contributed by atoms with van der Waals surface area (Å²) < 4.78 is 0. The first-order valence-corrected chi connectivity index (χ1v) is 8.42. The third kappa shape index (κ3) is 3.93. The second-order valence-electron chi connectivity index (χ2n) is 6.37. The molecule has 0 aromatic carbocycles. The van der Waals surface area contributed by atoms with E-state index in [2.05, 4.69) is 23.6 Å². The topological polar surface area (TPSA) is 26.7 Å². The highest BCUT2D eigenvalue weighted by Gasteiger charge is 2.33. The van der Waals surface area contributed by atoms with Crippen molar-refractivity contribution in [2.75, 3.05) is 26.2 Å². The maximum absolute atomic E-state index is 10.3. The van der Waals surface area contributed by atoms with Gasteiger partial charge < -0.3 is 5.11 Å². The molecule has 0 aromatic heterocycles. The predicted molar refractivity (Wildman–Crippen MR) is 80.4 cm³/mol. The summed E-state index contributed by atoms with van der Waals surface area (Å²) in [6.45, 7) is 9.34. The van der Waals surface area contributed by atoms with Crippen LogP contribution in [0.5, 0.6) is 0 Å². The second-order valence-corrected chi connectivity index (χ2v) is 6.37. The van der Waals surface area contributed by atoms with Gasteiger partial charge in [-0.1, -0.05) is 26.7 Å². The van der Waals surface area contributed by atoms with E-state index in [1.807, 2.05) is 0 Å². The molecule has 0 aliphatic carbocycles. The van der Waals surface area contributed by atoms with E-state index in [4.69, 9.17) is 0 Å². The van der Waals surface area contributed by atoms with E-state index in [0.29, 0.717) is 6.04 Å². The molecule has 0 spiro atoms. The highest BCUT2D eigenvalue weighted by atomic mass is 16.3. The molecule has 3 unspecified atom stereocenters. The number of hydrogen-bond acceptors (Lipinski definition) is 3. The zero-order chi connectivity index (χ0) is 13.7. The van der Waals surface area contributed by atoms with Crippen LogP contribution >= 0.6 is 0 Å². The molecule has 0 radical (unpaired) electrons. The van der Waals surface area contributed by atoms with Crippen LogP contribution in [-0.2, 0) is 0 Å². The van der Waals surface area contributed by atoms with Gasteiger partial charge >= 0.3 is 0 Å². The van der Waals surface area contributed by atoms with Gasteiger partial charge in [0.25, 0.3) is 0 Å². The van der Waals surface area contributed by atoms with Gasteiger partial charge in [-0.3, -0.25) is 9.80 Å². The summed E-state index contributed by atoms with van der Waals surface area (Å²) in [7, 11) is 0. The summed E-state index contributed by atoms with van der Waals surface area (Å²) in [6.07, 6.45) is 8.46. The van der Waals surface area contributed by atoms with Crippen LogP contribution in [0, 0.1) is 0 Å². The van der Waals surface area contributed by atoms with Crippen LogP contribution in [0.1, 0.15) is 58.8 Å². The lowest BCUT2D eigenvalue weighted by Crippen LogP contribution is -2.45. The van der Waals surface area contributed by atoms with E-state index in [0.717, 1.165) is 25.3 Å². The third-order valence-corrected chi connectivity index (χ3v) is 5.02. The van der Waals surface area contributed by atoms with Crippen molar-refractivity contribution < 1.29 is 5.11 Å². The average molecular weight is 268 g/mol. The zero-order valence-electron chi connectivity index (χ0n) is 12.9. The summed E-state index contributed by atoms with van der Waals surface area (Å²) >= 11 is 0. The molecule has 3 atom stereocenters. The Morgan fingerprint density at radius 1 is 1.11 bits per heavy atom. The molecule has 0 amide bonds. The van der Waals surface area contributed by atoms with Gasteiger partial charge in [-0.25, -0.2) is 0 Å². The van der Waals surface area contributed by atoms with Crippen molar-refractivity contribution in [2.45, 2.75) is 77.0 Å². The van der Waals surface area contributed by atoms with Crippen molar-refractivity contribution >= 4 is 0 Å². The Balaban J connectivity index is 1.85. The first-order valence-electron chi connectivity index (χ1n) is 8.42. The van der Waals surface area contributed by atoms with Crippen LogP contribution in [0.3, 0.4) is 0 Å². The molecule has 19 heavy (non-hydrogen) atoms. The van der Waals surface area contributed by atoms with E-state index in [1.165, 1.54) is 51.9 Å². The molecule has 0 aromatic rings. The van der Waals surface area contributed by atoms with Crippen LogP contribution in [0.25, 0.3) is 0 Å². The molecule has 0 saturated carbocycles. The fourth-order valence-electron chi connectivity index (χ4n) is 3.91. The van der Waals surface area contributed by atoms with Crippen molar-refractivity contribution in [1.82, 2.24) is 9.80 Å². The first-order chi connectivity index (χ1) is 9.26. The Labute approximate surface area is 119 Å². The molecular formula is C16H32N2O. The van der Waals surface area contributed by atoms with Gasteiger partial charge in [0.1, 0.15) is 0 Å². The first kappa shape index (κ1) is 15.3. The Bertz CT molecular complexity index is 253. The largest absolute Gasteiger partial charge is 0.391 e. The van der Waals surface area contributed by atoms with Crippen molar-refractivity contribution in [3.05, 3.63) is 0 Å². The summed E-state index contributed by atoms with van der Waals surface area (Å²) in [5.74, 6) is 0. The number of aliphatic hydroxyl groups is 1. The normalized spacial score (nSPS) is 29.5. The van der Waals surface area contributed by atoms with Crippen LogP contribution in [0.15, 0.2) is 0 Å². The molecule has 112 valence electrons. The summed E-state index contributed by atoms with van der Waals surface area (Å²) in [5, 5.41) is 10.3. The SMILES string of the molecule is CCCC(O)C(CC)N1CCC(N2CCCCC2)C1. The monoisotopic (exact) mass is 268 g/mol. The van der Waals surface area contributed by atoms with Gasteiger partial charge in [0.05, 0.1) is 6.10 Å². The number of piperidine rings is 1. The predicted octanol–water partition coefficient (Wildman–Crippen LogP) is 2.49. The minimum absolute atomic E-state index is 0.130. The standard InChI is InChI=1S/C16H32N2O/c1-3-8-16(19)15(4-2)18-12-9-14(13-18)17-10-6-5-7-11-17/h14-16,19H,3-13H2,1-2H3. The Morgan fingerprint density at radius 3 is 2.47 bits per heavy atom. The third-order valence-electron chi connectivity index (χ3n) is 5.02. The zero-order valence-corrected chi connectivity index (χ0v) is 12.9. The number of nitrogens with zero attached hydrogens (tertiary/aromatic N) is 2. The average Bonchev–Trinajstić information content (AvgIpc) is 2.90. The molecule has 2 saturated heterocycles. The van der Waals surface area contributed by atoms with Gasteiger partial charge in [0.2, 0.25) is 0 Å². The summed E-state index contributed by atoms with van der Waals surface area (Å²) in [4.78, 5) is 5.25. The molecule has 1 N–H and O–H groups in total. The Hall–Kier alpha value is -0.120. The van der Waals surface area contributed by atoms with E-state index in [1.54, 1.807) is 0 Å². The molecule has 3 nitrogen and oxygen atoms in total. The maximum Gasteiger partial charge on any atom is 0.0695 e. The van der Waals surface area contributed by atoms with Gasteiger partial charge in [-0.2, -0.15) is 0 Å². The quantitative estimate of drug-likeness (QED) is 0.802. The van der Waals surface area contributed by atoms with Gasteiger partial charge in [-0.05, 0) is 45.2 Å². The molecule has 2 heterocycles. The van der Waals surface area contributed by atoms with Crippen LogP contribution in [-0.4, -0.2) is 59.3 Å². The lowest BCUT2D eigenvalue weighted by Gasteiger charge is -2.34. The molecule has 0 bridgehead atoms. The molecule has 2 rings (SSSR count). The number of hydrogen-bond donors (Lipinski definition) is 1. The number of likely N-dealkylation sites (tertiary alicyclic amines) is 2. The van der Waals surface area contributed by atoms with E-state index in [-0.39, 0.29) is 6.10 Å². The Kier molecular flexibility index (Phi) is 6.11. The van der Waals surface area contributed by atoms with Crippen molar-refractivity contribution in [1.29, 1.82) is 0 Å².